The third kappa shape index (κ3) is 5.03. The van der Waals surface area contributed by atoms with Crippen molar-refractivity contribution in [2.45, 2.75) is 13.2 Å². The maximum Gasteiger partial charge on any atom is 0.119 e. The third-order valence-electron chi connectivity index (χ3n) is 2.93. The Kier molecular flexibility index (Phi) is 6.08. The van der Waals surface area contributed by atoms with Gasteiger partial charge in [-0.2, -0.15) is 0 Å². The van der Waals surface area contributed by atoms with Crippen molar-refractivity contribution in [2.75, 3.05) is 20.3 Å². The number of methoxy groups -OCH3 is 1. The summed E-state index contributed by atoms with van der Waals surface area (Å²) in [5, 5.41) is 3.36. The van der Waals surface area contributed by atoms with Gasteiger partial charge in [0.2, 0.25) is 0 Å². The van der Waals surface area contributed by atoms with E-state index in [1.807, 2.05) is 30.3 Å². The predicted molar refractivity (Wildman–Crippen MR) is 80.8 cm³/mol. The summed E-state index contributed by atoms with van der Waals surface area (Å²) in [6.45, 7) is 2.96. The first-order valence-corrected chi connectivity index (χ1v) is 6.84. The molecule has 0 heterocycles. The van der Waals surface area contributed by atoms with E-state index in [-0.39, 0.29) is 0 Å². The van der Waals surface area contributed by atoms with Crippen LogP contribution in [0.25, 0.3) is 0 Å². The van der Waals surface area contributed by atoms with Gasteiger partial charge in [-0.15, -0.1) is 0 Å². The quantitative estimate of drug-likeness (QED) is 0.749. The topological polar surface area (TPSA) is 30.5 Å². The summed E-state index contributed by atoms with van der Waals surface area (Å²) in [6, 6.07) is 18.4. The van der Waals surface area contributed by atoms with E-state index >= 15 is 0 Å². The monoisotopic (exact) mass is 271 g/mol. The standard InChI is InChI=1S/C17H21NO2/c1-19-14-16-8-5-9-17(12-16)20-11-10-18-13-15-6-3-2-4-7-15/h2-9,12,18H,10-11,13-14H2,1H3. The van der Waals surface area contributed by atoms with E-state index in [1.54, 1.807) is 7.11 Å². The van der Waals surface area contributed by atoms with Crippen LogP contribution < -0.4 is 10.1 Å². The molecule has 0 amide bonds. The van der Waals surface area contributed by atoms with Gasteiger partial charge in [0.1, 0.15) is 12.4 Å². The second-order valence-electron chi connectivity index (χ2n) is 4.59. The molecule has 0 atom stereocenters. The minimum atomic E-state index is 0.615. The molecular weight excluding hydrogens is 250 g/mol. The van der Waals surface area contributed by atoms with Crippen molar-refractivity contribution in [2.24, 2.45) is 0 Å². The van der Waals surface area contributed by atoms with Gasteiger partial charge in [0, 0.05) is 20.2 Å². The smallest absolute Gasteiger partial charge is 0.119 e. The molecule has 2 aromatic rings. The minimum Gasteiger partial charge on any atom is -0.492 e. The van der Waals surface area contributed by atoms with Gasteiger partial charge in [0.05, 0.1) is 6.61 Å². The molecular formula is C17H21NO2. The van der Waals surface area contributed by atoms with Gasteiger partial charge in [-0.3, -0.25) is 0 Å². The summed E-state index contributed by atoms with van der Waals surface area (Å²) in [7, 11) is 1.70. The van der Waals surface area contributed by atoms with Crippen LogP contribution in [0.1, 0.15) is 11.1 Å². The zero-order chi connectivity index (χ0) is 14.0. The van der Waals surface area contributed by atoms with Crippen molar-refractivity contribution in [1.29, 1.82) is 0 Å². The lowest BCUT2D eigenvalue weighted by molar-refractivity contribution is 0.184. The highest BCUT2D eigenvalue weighted by atomic mass is 16.5. The maximum atomic E-state index is 5.71. The van der Waals surface area contributed by atoms with Crippen LogP contribution in [-0.4, -0.2) is 20.3 Å². The lowest BCUT2D eigenvalue weighted by Gasteiger charge is -2.09. The molecule has 2 aromatic carbocycles. The molecule has 1 N–H and O–H groups in total. The second-order valence-corrected chi connectivity index (χ2v) is 4.59. The van der Waals surface area contributed by atoms with Crippen LogP contribution in [0.2, 0.25) is 0 Å². The van der Waals surface area contributed by atoms with Crippen molar-refractivity contribution in [3.05, 3.63) is 65.7 Å². The van der Waals surface area contributed by atoms with Crippen LogP contribution in [0.15, 0.2) is 54.6 Å². The lowest BCUT2D eigenvalue weighted by atomic mass is 10.2. The van der Waals surface area contributed by atoms with Crippen molar-refractivity contribution in [3.63, 3.8) is 0 Å². The van der Waals surface area contributed by atoms with E-state index in [1.165, 1.54) is 5.56 Å². The van der Waals surface area contributed by atoms with E-state index < -0.39 is 0 Å². The van der Waals surface area contributed by atoms with E-state index in [4.69, 9.17) is 9.47 Å². The largest absolute Gasteiger partial charge is 0.492 e. The summed E-state index contributed by atoms with van der Waals surface area (Å²) in [5.41, 5.74) is 2.41. The highest BCUT2D eigenvalue weighted by Crippen LogP contribution is 2.13. The van der Waals surface area contributed by atoms with E-state index in [2.05, 4.69) is 29.6 Å². The summed E-state index contributed by atoms with van der Waals surface area (Å²) in [5.74, 6) is 0.890. The summed E-state index contributed by atoms with van der Waals surface area (Å²) >= 11 is 0. The summed E-state index contributed by atoms with van der Waals surface area (Å²) < 4.78 is 10.8. The third-order valence-corrected chi connectivity index (χ3v) is 2.93. The number of hydrogen-bond donors (Lipinski definition) is 1. The van der Waals surface area contributed by atoms with Crippen molar-refractivity contribution in [1.82, 2.24) is 5.32 Å². The molecule has 0 aliphatic heterocycles. The normalized spacial score (nSPS) is 10.4. The number of nitrogens with one attached hydrogen (secondary N) is 1. The Morgan fingerprint density at radius 3 is 2.55 bits per heavy atom. The zero-order valence-electron chi connectivity index (χ0n) is 11.8. The Morgan fingerprint density at radius 2 is 1.75 bits per heavy atom. The van der Waals surface area contributed by atoms with Crippen LogP contribution >= 0.6 is 0 Å². The molecule has 3 nitrogen and oxygen atoms in total. The van der Waals surface area contributed by atoms with E-state index in [0.717, 1.165) is 24.4 Å². The van der Waals surface area contributed by atoms with Gasteiger partial charge >= 0.3 is 0 Å². The Morgan fingerprint density at radius 1 is 0.950 bits per heavy atom. The van der Waals surface area contributed by atoms with Gasteiger partial charge in [-0.1, -0.05) is 42.5 Å². The van der Waals surface area contributed by atoms with Crippen LogP contribution in [0.4, 0.5) is 0 Å². The molecule has 0 aliphatic rings. The Labute approximate surface area is 120 Å². The van der Waals surface area contributed by atoms with E-state index in [9.17, 15) is 0 Å². The molecule has 0 aliphatic carbocycles. The van der Waals surface area contributed by atoms with Gasteiger partial charge in [-0.25, -0.2) is 0 Å². The zero-order valence-corrected chi connectivity index (χ0v) is 11.8. The van der Waals surface area contributed by atoms with Gasteiger partial charge < -0.3 is 14.8 Å². The number of hydrogen-bond acceptors (Lipinski definition) is 3. The van der Waals surface area contributed by atoms with Crippen LogP contribution in [0, 0.1) is 0 Å². The SMILES string of the molecule is COCc1cccc(OCCNCc2ccccc2)c1. The fourth-order valence-corrected chi connectivity index (χ4v) is 1.96. The first-order chi connectivity index (χ1) is 9.88. The summed E-state index contributed by atoms with van der Waals surface area (Å²) in [6.07, 6.45) is 0. The van der Waals surface area contributed by atoms with Crippen molar-refractivity contribution in [3.8, 4) is 5.75 Å². The Balaban J connectivity index is 1.67. The van der Waals surface area contributed by atoms with Gasteiger partial charge in [0.15, 0.2) is 0 Å². The predicted octanol–water partition coefficient (Wildman–Crippen LogP) is 3.00. The fraction of sp³-hybridized carbons (Fsp3) is 0.294. The molecule has 0 spiro atoms. The molecule has 2 rings (SSSR count). The molecule has 0 radical (unpaired) electrons. The fourth-order valence-electron chi connectivity index (χ4n) is 1.96. The summed E-state index contributed by atoms with van der Waals surface area (Å²) in [4.78, 5) is 0. The Bertz CT molecular complexity index is 499. The van der Waals surface area contributed by atoms with Gasteiger partial charge in [0.25, 0.3) is 0 Å². The Hall–Kier alpha value is -1.84. The molecule has 0 bridgehead atoms. The molecule has 0 aromatic heterocycles. The van der Waals surface area contributed by atoms with Crippen LogP contribution in [0.5, 0.6) is 5.75 Å². The maximum absolute atomic E-state index is 5.71. The van der Waals surface area contributed by atoms with Crippen molar-refractivity contribution >= 4 is 0 Å². The minimum absolute atomic E-state index is 0.615. The number of rotatable bonds is 8. The number of ether oxygens (including phenoxy) is 2. The molecule has 20 heavy (non-hydrogen) atoms. The number of benzene rings is 2. The molecule has 0 saturated heterocycles. The lowest BCUT2D eigenvalue weighted by Crippen LogP contribution is -2.20. The highest BCUT2D eigenvalue weighted by molar-refractivity contribution is 5.28. The van der Waals surface area contributed by atoms with Crippen LogP contribution in [0.3, 0.4) is 0 Å². The molecule has 0 unspecified atom stereocenters. The van der Waals surface area contributed by atoms with Crippen molar-refractivity contribution < 1.29 is 9.47 Å². The highest BCUT2D eigenvalue weighted by Gasteiger charge is 1.97. The van der Waals surface area contributed by atoms with Crippen LogP contribution in [-0.2, 0) is 17.9 Å². The molecule has 0 fully saturated rings. The average molecular weight is 271 g/mol. The first-order valence-electron chi connectivity index (χ1n) is 6.84. The molecule has 0 saturated carbocycles. The van der Waals surface area contributed by atoms with E-state index in [0.29, 0.717) is 13.2 Å². The second kappa shape index (κ2) is 8.35. The molecule has 106 valence electrons. The first kappa shape index (κ1) is 14.6. The van der Waals surface area contributed by atoms with Gasteiger partial charge in [-0.05, 0) is 23.3 Å². The molecule has 3 heteroatoms. The average Bonchev–Trinajstić information content (AvgIpc) is 2.49.